The van der Waals surface area contributed by atoms with Gasteiger partial charge in [0.05, 0.1) is 7.05 Å². The Morgan fingerprint density at radius 3 is 2.00 bits per heavy atom. The maximum Gasteiger partial charge on any atom is 0.385 e. The first-order valence-electron chi connectivity index (χ1n) is 2.06. The number of nitrogens with one attached hydrogen (secondary N) is 1. The summed E-state index contributed by atoms with van der Waals surface area (Å²) in [5, 5.41) is 0. The van der Waals surface area contributed by atoms with E-state index in [1.165, 1.54) is 0 Å². The van der Waals surface area contributed by atoms with Crippen molar-refractivity contribution in [2.75, 3.05) is 7.05 Å². The molecule has 0 aromatic heterocycles. The Labute approximate surface area is 47.3 Å². The molecule has 5 nitrogen and oxygen atoms in total. The topological polar surface area (TPSA) is 104 Å². The van der Waals surface area contributed by atoms with Crippen molar-refractivity contribution in [1.82, 2.24) is 0 Å². The standard InChI is InChI=1S/C3H9N5/c1-7-3(6)8-2(4)5/h1H3,(H6,4,5,6,7,8)/p+1. The quantitative estimate of drug-likeness (QED) is 0.193. The summed E-state index contributed by atoms with van der Waals surface area (Å²) in [5.74, 6) is 0.168. The summed E-state index contributed by atoms with van der Waals surface area (Å²) in [6, 6.07) is 0. The van der Waals surface area contributed by atoms with Crippen molar-refractivity contribution in [3.05, 3.63) is 0 Å². The van der Waals surface area contributed by atoms with E-state index >= 15 is 0 Å². The Morgan fingerprint density at radius 1 is 1.38 bits per heavy atom. The maximum atomic E-state index is 5.13. The first-order chi connectivity index (χ1) is 3.66. The summed E-state index contributed by atoms with van der Waals surface area (Å²) < 4.78 is 0. The molecule has 0 aliphatic heterocycles. The molecule has 46 valence electrons. The number of aliphatic imine (C=N–C) groups is 1. The number of rotatable bonds is 0. The molecule has 0 aromatic carbocycles. The van der Waals surface area contributed by atoms with Crippen LogP contribution in [0, 0.1) is 0 Å². The number of guanidine groups is 2. The molecule has 0 aliphatic rings. The maximum absolute atomic E-state index is 5.13. The normalized spacial score (nSPS) is 10.9. The van der Waals surface area contributed by atoms with Crippen LogP contribution in [-0.2, 0) is 0 Å². The first-order valence-corrected chi connectivity index (χ1v) is 2.06. The lowest BCUT2D eigenvalue weighted by atomic mass is 10.9. The van der Waals surface area contributed by atoms with Gasteiger partial charge in [0.2, 0.25) is 0 Å². The van der Waals surface area contributed by atoms with Crippen molar-refractivity contribution >= 4 is 11.9 Å². The third kappa shape index (κ3) is 2.95. The monoisotopic (exact) mass is 116 g/mol. The highest BCUT2D eigenvalue weighted by molar-refractivity contribution is 5.89. The molecule has 0 unspecified atom stereocenters. The Bertz CT molecular complexity index is 120. The Balaban J connectivity index is 3.89. The van der Waals surface area contributed by atoms with E-state index in [1.807, 2.05) is 0 Å². The second kappa shape index (κ2) is 2.84. The molecule has 5 heteroatoms. The van der Waals surface area contributed by atoms with Gasteiger partial charge in [-0.2, -0.15) is 0 Å². The van der Waals surface area contributed by atoms with Gasteiger partial charge in [-0.05, 0) is 4.99 Å². The van der Waals surface area contributed by atoms with Crippen LogP contribution in [0.3, 0.4) is 0 Å². The molecule has 0 bridgehead atoms. The molecule has 0 heterocycles. The Morgan fingerprint density at radius 2 is 1.88 bits per heavy atom. The lowest BCUT2D eigenvalue weighted by molar-refractivity contribution is -0.421. The second-order valence-electron chi connectivity index (χ2n) is 1.17. The third-order valence-corrected chi connectivity index (χ3v) is 0.506. The minimum absolute atomic E-state index is 0.0446. The lowest BCUT2D eigenvalue weighted by Gasteiger charge is -1.79. The van der Waals surface area contributed by atoms with Crippen molar-refractivity contribution in [1.29, 1.82) is 0 Å². The highest BCUT2D eigenvalue weighted by atomic mass is 15.1. The van der Waals surface area contributed by atoms with Crippen molar-refractivity contribution in [3.63, 3.8) is 0 Å². The first kappa shape index (κ1) is 6.74. The van der Waals surface area contributed by atoms with Crippen molar-refractivity contribution in [3.8, 4) is 0 Å². The SMILES string of the molecule is C[NH+]=C(N)N=C(N)N. The average Bonchev–Trinajstić information content (AvgIpc) is 1.65. The van der Waals surface area contributed by atoms with Crippen LogP contribution in [0.2, 0.25) is 0 Å². The van der Waals surface area contributed by atoms with E-state index in [-0.39, 0.29) is 11.9 Å². The summed E-state index contributed by atoms with van der Waals surface area (Å²) in [7, 11) is 1.63. The predicted molar refractivity (Wildman–Crippen MR) is 31.9 cm³/mol. The molecular weight excluding hydrogens is 106 g/mol. The smallest absolute Gasteiger partial charge is 0.356 e. The fraction of sp³-hybridized carbons (Fsp3) is 0.333. The van der Waals surface area contributed by atoms with Crippen molar-refractivity contribution < 1.29 is 4.99 Å². The summed E-state index contributed by atoms with van der Waals surface area (Å²) in [5.41, 5.74) is 15.0. The van der Waals surface area contributed by atoms with Crippen LogP contribution in [0.25, 0.3) is 0 Å². The fourth-order valence-corrected chi connectivity index (χ4v) is 0.195. The van der Waals surface area contributed by atoms with Crippen LogP contribution in [-0.4, -0.2) is 19.0 Å². The van der Waals surface area contributed by atoms with E-state index in [1.54, 1.807) is 7.05 Å². The van der Waals surface area contributed by atoms with E-state index < -0.39 is 0 Å². The van der Waals surface area contributed by atoms with E-state index in [2.05, 4.69) is 9.98 Å². The van der Waals surface area contributed by atoms with Gasteiger partial charge in [-0.1, -0.05) is 0 Å². The van der Waals surface area contributed by atoms with Gasteiger partial charge in [-0.25, -0.2) is 0 Å². The zero-order valence-electron chi connectivity index (χ0n) is 4.68. The van der Waals surface area contributed by atoms with E-state index in [0.29, 0.717) is 0 Å². The molecule has 0 saturated carbocycles. The molecule has 8 heavy (non-hydrogen) atoms. The molecule has 0 saturated heterocycles. The van der Waals surface area contributed by atoms with Crippen LogP contribution >= 0.6 is 0 Å². The number of nitrogens with two attached hydrogens (primary N) is 3. The molecule has 0 aromatic rings. The molecule has 0 radical (unpaired) electrons. The average molecular weight is 116 g/mol. The van der Waals surface area contributed by atoms with Gasteiger partial charge in [-0.15, -0.1) is 0 Å². The molecule has 0 amide bonds. The van der Waals surface area contributed by atoms with Gasteiger partial charge in [0.1, 0.15) is 0 Å². The minimum Gasteiger partial charge on any atom is -0.356 e. The van der Waals surface area contributed by atoms with Gasteiger partial charge in [0.25, 0.3) is 5.96 Å². The van der Waals surface area contributed by atoms with Gasteiger partial charge in [0, 0.05) is 0 Å². The molecule has 0 rings (SSSR count). The van der Waals surface area contributed by atoms with E-state index in [0.717, 1.165) is 0 Å². The molecule has 0 fully saturated rings. The van der Waals surface area contributed by atoms with Crippen LogP contribution in [0.4, 0.5) is 0 Å². The predicted octanol–water partition coefficient (Wildman–Crippen LogP) is -3.72. The summed E-state index contributed by atoms with van der Waals surface area (Å²) in [6.07, 6.45) is 0. The molecular formula is C3H10N5+. The van der Waals surface area contributed by atoms with Gasteiger partial charge in [0.15, 0.2) is 0 Å². The second-order valence-corrected chi connectivity index (χ2v) is 1.17. The Kier molecular flexibility index (Phi) is 2.39. The summed E-state index contributed by atoms with van der Waals surface area (Å²) >= 11 is 0. The zero-order valence-corrected chi connectivity index (χ0v) is 4.68. The number of nitrogens with zero attached hydrogens (tertiary/aromatic N) is 1. The van der Waals surface area contributed by atoms with Gasteiger partial charge < -0.3 is 11.5 Å². The molecule has 0 aliphatic carbocycles. The highest BCUT2D eigenvalue weighted by Gasteiger charge is 1.92. The largest absolute Gasteiger partial charge is 0.385 e. The van der Waals surface area contributed by atoms with Crippen LogP contribution < -0.4 is 22.2 Å². The third-order valence-electron chi connectivity index (χ3n) is 0.506. The minimum atomic E-state index is -0.0446. The zero-order chi connectivity index (χ0) is 6.57. The van der Waals surface area contributed by atoms with Crippen LogP contribution in [0.5, 0.6) is 0 Å². The Hall–Kier alpha value is -1.26. The molecule has 0 spiro atoms. The summed E-state index contributed by atoms with van der Waals surface area (Å²) in [4.78, 5) is 5.99. The van der Waals surface area contributed by atoms with Gasteiger partial charge in [-0.3, -0.25) is 10.7 Å². The summed E-state index contributed by atoms with van der Waals surface area (Å²) in [6.45, 7) is 0. The van der Waals surface area contributed by atoms with Crippen LogP contribution in [0.1, 0.15) is 0 Å². The van der Waals surface area contributed by atoms with E-state index in [9.17, 15) is 0 Å². The fourth-order valence-electron chi connectivity index (χ4n) is 0.195. The van der Waals surface area contributed by atoms with E-state index in [4.69, 9.17) is 17.2 Å². The number of hydrogen-bond acceptors (Lipinski definition) is 0. The lowest BCUT2D eigenvalue weighted by Crippen LogP contribution is -2.70. The molecule has 0 atom stereocenters. The van der Waals surface area contributed by atoms with Crippen molar-refractivity contribution in [2.24, 2.45) is 22.2 Å². The highest BCUT2D eigenvalue weighted by Crippen LogP contribution is 1.51. The van der Waals surface area contributed by atoms with Crippen LogP contribution in [0.15, 0.2) is 4.99 Å². The number of hydrogen-bond donors (Lipinski definition) is 4. The molecule has 7 N–H and O–H groups in total. The van der Waals surface area contributed by atoms with Crippen molar-refractivity contribution in [2.45, 2.75) is 0 Å². The van der Waals surface area contributed by atoms with Gasteiger partial charge >= 0.3 is 5.96 Å².